The van der Waals surface area contributed by atoms with Crippen molar-refractivity contribution in [3.63, 3.8) is 0 Å². The molecule has 9 fully saturated rings. The van der Waals surface area contributed by atoms with Crippen molar-refractivity contribution in [2.75, 3.05) is 13.2 Å². The van der Waals surface area contributed by atoms with Crippen molar-refractivity contribution in [3.05, 3.63) is 11.6 Å². The standard InChI is InChI=1S/C62H102O31S/c1-22(2)23(3)33(63)19-62(10,77)37-12-11-30-29-18-35(32-17-28(93-94(78,79)80)13-15-60(32,8)31(29)14-16-61(30,37)9)87-56-48(75)51(41(68)26(6)84-56)90-58-52(91-55-47(74)44(71)38(65)24(4)83-55)43(70)36(21-82-58)88-59-53(45(72)39(66)25(5)86-59)92-57-49(76)50(40(67)27(7)85-57)89-54-46(73)42(69)34(64)20-81-54/h14,22-30,32,34-59,64-77H,11-13,15-21H2,1-10H3,(H,78,79,80)/t23-,24-,25-,26-,27-,28+,29+,30+,32-,34-,35+,36-,37+,38-,39-,40+,41-,42+,43+,44+,45+,46-,47-,48-,49-,50+,51+,52-,53-,54+,55+,56+,57+,58+,59+,60-,61+,62+/m1/s1. The molecule has 6 aliphatic heterocycles. The molecule has 94 heavy (non-hydrogen) atoms. The smallest absolute Gasteiger partial charge is 0.389 e. The van der Waals surface area contributed by atoms with Crippen LogP contribution in [-0.4, -0.2) is 293 Å². The van der Waals surface area contributed by atoms with Crippen LogP contribution in [-0.2, 0) is 76.2 Å². The fourth-order valence-electron chi connectivity index (χ4n) is 16.9. The predicted octanol–water partition coefficient (Wildman–Crippen LogP) is -2.94. The zero-order valence-corrected chi connectivity index (χ0v) is 55.4. The summed E-state index contributed by atoms with van der Waals surface area (Å²) in [7, 11) is -4.90. The SMILES string of the molecule is CC(C)[C@@H](C)C(=O)C[C@](C)(O)[C@H]1CC[C@H]2[C@@H]3C[C@H](O[C@@H]4O[C@H](C)[C@@H](O)[C@H](O[C@@H]5OC[C@@H](O[C@@H]6O[C@H](C)[C@@H](O)[C@H](O)[C@H]6O[C@@H]6O[C@H](C)[C@H](O)[C@H](O[C@@H]7OC[C@@H](O)[C@H](O)[C@H]7O)[C@H]6O)[C@H](O)[C@H]5O[C@@H]5O[C@H](C)[C@@H](O)[C@H](O)[C@H]5O)[C@H]4O)[C@H]4C[C@@H](OS(=O)(=O)O)CC[C@]4(C)C3=CC[C@@]21C. The quantitative estimate of drug-likeness (QED) is 0.0454. The van der Waals surface area contributed by atoms with Gasteiger partial charge in [-0.2, -0.15) is 8.42 Å². The molecule has 10 aliphatic rings. The van der Waals surface area contributed by atoms with E-state index in [0.717, 1.165) is 5.57 Å². The van der Waals surface area contributed by atoms with Crippen LogP contribution in [0.15, 0.2) is 11.6 Å². The maximum absolute atomic E-state index is 13.6. The molecule has 3 saturated carbocycles. The van der Waals surface area contributed by atoms with Gasteiger partial charge in [0.05, 0.1) is 55.4 Å². The lowest BCUT2D eigenvalue weighted by atomic mass is 9.47. The Hall–Kier alpha value is -1.76. The molecule has 15 N–H and O–H groups in total. The molecule has 10 rings (SSSR count). The number of hydrogen-bond acceptors (Lipinski definition) is 30. The number of ketones is 1. The van der Waals surface area contributed by atoms with Gasteiger partial charge < -0.3 is 128 Å². The average molecular weight is 1380 g/mol. The Balaban J connectivity index is 0.899. The van der Waals surface area contributed by atoms with Crippen LogP contribution in [0, 0.1) is 46.3 Å². The Morgan fingerprint density at radius 2 is 1.06 bits per heavy atom. The summed E-state index contributed by atoms with van der Waals surface area (Å²) in [6.07, 6.45) is -44.0. The third-order valence-corrected chi connectivity index (χ3v) is 23.3. The average Bonchev–Trinajstić information content (AvgIpc) is 1.34. The number of carbonyl (C=O) groups is 1. The van der Waals surface area contributed by atoms with Crippen molar-refractivity contribution in [2.24, 2.45) is 46.3 Å². The number of carbonyl (C=O) groups excluding carboxylic acids is 1. The summed E-state index contributed by atoms with van der Waals surface area (Å²) in [6.45, 7) is 16.3. The highest BCUT2D eigenvalue weighted by Crippen LogP contribution is 2.67. The number of fused-ring (bicyclic) bond motifs is 5. The molecule has 38 atom stereocenters. The van der Waals surface area contributed by atoms with E-state index in [1.54, 1.807) is 6.92 Å². The first kappa shape index (κ1) is 74.9. The second-order valence-corrected chi connectivity index (χ2v) is 30.4. The van der Waals surface area contributed by atoms with E-state index >= 15 is 0 Å². The summed E-state index contributed by atoms with van der Waals surface area (Å²) >= 11 is 0. The first-order valence-electron chi connectivity index (χ1n) is 33.1. The van der Waals surface area contributed by atoms with Crippen LogP contribution in [0.25, 0.3) is 0 Å². The number of allylic oxidation sites excluding steroid dienone is 2. The van der Waals surface area contributed by atoms with Gasteiger partial charge >= 0.3 is 10.4 Å². The van der Waals surface area contributed by atoms with E-state index in [9.17, 15) is 89.3 Å². The monoisotopic (exact) mass is 1370 g/mol. The van der Waals surface area contributed by atoms with E-state index in [2.05, 4.69) is 19.9 Å². The molecule has 542 valence electrons. The summed E-state index contributed by atoms with van der Waals surface area (Å²) in [5.74, 6) is -1.16. The van der Waals surface area contributed by atoms with Gasteiger partial charge in [0.25, 0.3) is 0 Å². The molecule has 6 heterocycles. The summed E-state index contributed by atoms with van der Waals surface area (Å²) in [6, 6.07) is 0. The summed E-state index contributed by atoms with van der Waals surface area (Å²) in [5.41, 5.74) is -1.33. The van der Waals surface area contributed by atoms with Crippen LogP contribution >= 0.6 is 0 Å². The van der Waals surface area contributed by atoms with Crippen LogP contribution in [0.4, 0.5) is 0 Å². The number of ether oxygens (including phenoxy) is 12. The van der Waals surface area contributed by atoms with Gasteiger partial charge in [0, 0.05) is 12.3 Å². The number of aliphatic hydroxyl groups excluding tert-OH is 13. The molecule has 0 aromatic rings. The fraction of sp³-hybridized carbons (Fsp3) is 0.952. The van der Waals surface area contributed by atoms with Crippen molar-refractivity contribution >= 4 is 16.2 Å². The Morgan fingerprint density at radius 3 is 1.66 bits per heavy atom. The lowest BCUT2D eigenvalue weighted by Gasteiger charge is -2.60. The lowest BCUT2D eigenvalue weighted by Crippen LogP contribution is -2.67. The maximum atomic E-state index is 13.6. The van der Waals surface area contributed by atoms with Gasteiger partial charge in [0.1, 0.15) is 116 Å². The minimum absolute atomic E-state index is 0.00925. The van der Waals surface area contributed by atoms with E-state index < -0.39 is 230 Å². The van der Waals surface area contributed by atoms with E-state index in [1.807, 2.05) is 20.8 Å². The molecule has 0 unspecified atom stereocenters. The second-order valence-electron chi connectivity index (χ2n) is 29.4. The molecular weight excluding hydrogens is 1270 g/mol. The number of hydrogen-bond donors (Lipinski definition) is 15. The van der Waals surface area contributed by atoms with Gasteiger partial charge in [-0.25, -0.2) is 4.18 Å². The molecule has 32 heteroatoms. The largest absolute Gasteiger partial charge is 0.397 e. The zero-order chi connectivity index (χ0) is 68.9. The Bertz CT molecular complexity index is 2710. The Morgan fingerprint density at radius 1 is 0.564 bits per heavy atom. The number of aliphatic hydroxyl groups is 14. The van der Waals surface area contributed by atoms with Crippen molar-refractivity contribution < 1.29 is 150 Å². The van der Waals surface area contributed by atoms with Gasteiger partial charge in [0.2, 0.25) is 0 Å². The molecular formula is C62H102O31S. The van der Waals surface area contributed by atoms with E-state index in [1.165, 1.54) is 27.7 Å². The number of rotatable bonds is 19. The lowest BCUT2D eigenvalue weighted by molar-refractivity contribution is -0.400. The van der Waals surface area contributed by atoms with Crippen molar-refractivity contribution in [2.45, 2.75) is 310 Å². The van der Waals surface area contributed by atoms with E-state index in [-0.39, 0.29) is 54.6 Å². The Kier molecular flexibility index (Phi) is 23.1. The molecule has 0 aromatic heterocycles. The molecule has 0 radical (unpaired) electrons. The van der Waals surface area contributed by atoms with Crippen LogP contribution in [0.1, 0.15) is 121 Å². The molecule has 0 amide bonds. The van der Waals surface area contributed by atoms with Crippen LogP contribution in [0.2, 0.25) is 0 Å². The van der Waals surface area contributed by atoms with Crippen LogP contribution < -0.4 is 0 Å². The minimum Gasteiger partial charge on any atom is -0.389 e. The van der Waals surface area contributed by atoms with E-state index in [4.69, 9.17) is 61.0 Å². The fourth-order valence-corrected chi connectivity index (χ4v) is 17.4. The minimum atomic E-state index is -4.90. The third-order valence-electron chi connectivity index (χ3n) is 22.8. The maximum Gasteiger partial charge on any atom is 0.397 e. The van der Waals surface area contributed by atoms with Crippen LogP contribution in [0.3, 0.4) is 0 Å². The van der Waals surface area contributed by atoms with Crippen molar-refractivity contribution in [1.29, 1.82) is 0 Å². The molecule has 6 saturated heterocycles. The van der Waals surface area contributed by atoms with Crippen LogP contribution in [0.5, 0.6) is 0 Å². The van der Waals surface area contributed by atoms with Gasteiger partial charge in [0.15, 0.2) is 37.7 Å². The second kappa shape index (κ2) is 28.9. The highest BCUT2D eigenvalue weighted by molar-refractivity contribution is 7.80. The highest BCUT2D eigenvalue weighted by atomic mass is 32.3. The van der Waals surface area contributed by atoms with E-state index in [0.29, 0.717) is 32.1 Å². The van der Waals surface area contributed by atoms with Crippen molar-refractivity contribution in [3.8, 4) is 0 Å². The third kappa shape index (κ3) is 14.7. The topological polar surface area (TPSA) is 475 Å². The number of Topliss-reactive ketones (excluding diaryl/α,β-unsaturated/α-hetero) is 1. The van der Waals surface area contributed by atoms with Gasteiger partial charge in [-0.15, -0.1) is 0 Å². The van der Waals surface area contributed by atoms with Crippen molar-refractivity contribution in [1.82, 2.24) is 0 Å². The summed E-state index contributed by atoms with van der Waals surface area (Å²) in [5, 5.41) is 158. The van der Waals surface area contributed by atoms with Gasteiger partial charge in [-0.1, -0.05) is 46.3 Å². The van der Waals surface area contributed by atoms with Gasteiger partial charge in [-0.3, -0.25) is 9.35 Å². The Labute approximate surface area is 546 Å². The highest BCUT2D eigenvalue weighted by Gasteiger charge is 2.64. The van der Waals surface area contributed by atoms with Gasteiger partial charge in [-0.05, 0) is 120 Å². The molecule has 0 bridgehead atoms. The normalized spacial score (nSPS) is 52.0. The molecule has 31 nitrogen and oxygen atoms in total. The predicted molar refractivity (Wildman–Crippen MR) is 315 cm³/mol. The molecule has 0 spiro atoms. The first-order valence-corrected chi connectivity index (χ1v) is 34.5. The molecule has 0 aromatic carbocycles. The first-order chi connectivity index (χ1) is 43.9. The summed E-state index contributed by atoms with van der Waals surface area (Å²) in [4.78, 5) is 13.6. The zero-order valence-electron chi connectivity index (χ0n) is 54.6. The molecule has 4 aliphatic carbocycles. The summed E-state index contributed by atoms with van der Waals surface area (Å²) < 4.78 is 113.